The highest BCUT2D eigenvalue weighted by molar-refractivity contribution is 6.31. The lowest BCUT2D eigenvalue weighted by Crippen LogP contribution is -2.14. The van der Waals surface area contributed by atoms with Crippen LogP contribution in [0, 0.1) is 0 Å². The molecule has 0 heterocycles. The van der Waals surface area contributed by atoms with Gasteiger partial charge in [0.05, 0.1) is 18.7 Å². The number of ether oxygens (including phenoxy) is 1. The third kappa shape index (κ3) is 3.41. The van der Waals surface area contributed by atoms with Gasteiger partial charge in [-0.05, 0) is 29.7 Å². The van der Waals surface area contributed by atoms with Gasteiger partial charge in [0, 0.05) is 17.7 Å². The number of aliphatic imine (C=N–C) groups is 1. The maximum atomic E-state index is 13.1. The molecule has 3 heteroatoms. The Balaban J connectivity index is 1.67. The van der Waals surface area contributed by atoms with E-state index in [1.807, 2.05) is 66.7 Å². The van der Waals surface area contributed by atoms with Gasteiger partial charge in [0.1, 0.15) is 5.75 Å². The fraction of sp³-hybridized carbons (Fsp3) is 0.167. The molecule has 0 N–H and O–H groups in total. The Kier molecular flexibility index (Phi) is 4.84. The lowest BCUT2D eigenvalue weighted by molar-refractivity contribution is 0.0988. The predicted octanol–water partition coefficient (Wildman–Crippen LogP) is 4.71. The van der Waals surface area contributed by atoms with Crippen LogP contribution in [0.15, 0.2) is 83.9 Å². The fourth-order valence-corrected chi connectivity index (χ4v) is 3.59. The first-order chi connectivity index (χ1) is 13.3. The highest BCUT2D eigenvalue weighted by atomic mass is 16.5. The van der Waals surface area contributed by atoms with Crippen molar-refractivity contribution in [3.05, 3.63) is 101 Å². The lowest BCUT2D eigenvalue weighted by Gasteiger charge is -2.12. The first-order valence-electron chi connectivity index (χ1n) is 9.14. The summed E-state index contributed by atoms with van der Waals surface area (Å²) in [6.45, 7) is 0.660. The number of carbonyl (C=O) groups excluding carboxylic acids is 1. The molecule has 0 aliphatic heterocycles. The minimum absolute atomic E-state index is 0.120. The van der Waals surface area contributed by atoms with Gasteiger partial charge in [-0.15, -0.1) is 0 Å². The molecule has 1 aliphatic carbocycles. The molecule has 0 bridgehead atoms. The fourth-order valence-electron chi connectivity index (χ4n) is 3.59. The highest BCUT2D eigenvalue weighted by Crippen LogP contribution is 2.35. The number of carbonyl (C=O) groups is 1. The zero-order valence-corrected chi connectivity index (χ0v) is 15.3. The molecule has 0 fully saturated rings. The van der Waals surface area contributed by atoms with Gasteiger partial charge in [0.15, 0.2) is 5.78 Å². The Morgan fingerprint density at radius 2 is 1.52 bits per heavy atom. The summed E-state index contributed by atoms with van der Waals surface area (Å²) >= 11 is 0. The molecular formula is C24H21NO2. The van der Waals surface area contributed by atoms with Crippen LogP contribution in [-0.4, -0.2) is 25.1 Å². The summed E-state index contributed by atoms with van der Waals surface area (Å²) < 4.78 is 5.25. The van der Waals surface area contributed by atoms with E-state index in [9.17, 15) is 4.79 Å². The van der Waals surface area contributed by atoms with Crippen LogP contribution in [0.5, 0.6) is 5.75 Å². The second-order valence-electron chi connectivity index (χ2n) is 6.62. The molecule has 3 aromatic rings. The van der Waals surface area contributed by atoms with Crippen molar-refractivity contribution >= 4 is 11.5 Å². The van der Waals surface area contributed by atoms with E-state index in [1.165, 1.54) is 5.56 Å². The quantitative estimate of drug-likeness (QED) is 0.665. The average Bonchev–Trinajstić information content (AvgIpc) is 3.01. The summed E-state index contributed by atoms with van der Waals surface area (Å²) in [6.07, 6.45) is 0.857. The van der Waals surface area contributed by atoms with Gasteiger partial charge in [0.25, 0.3) is 0 Å². The standard InChI is InChI=1S/C24H21NO2/c1-27-19-13-11-18(12-14-19)22-23(20-9-5-6-10-21(20)24(22)26)25-16-15-17-7-3-2-4-8-17/h2-14,22H,15-16H2,1H3/t22-/m1/s1. The SMILES string of the molecule is COc1ccc([C@H]2C(=O)c3ccccc3C2=NCCc2ccccc2)cc1. The van der Waals surface area contributed by atoms with Crippen molar-refractivity contribution in [3.63, 3.8) is 0 Å². The largest absolute Gasteiger partial charge is 0.497 e. The van der Waals surface area contributed by atoms with E-state index in [2.05, 4.69) is 12.1 Å². The first kappa shape index (κ1) is 17.2. The zero-order chi connectivity index (χ0) is 18.6. The third-order valence-corrected chi connectivity index (χ3v) is 4.98. The van der Waals surface area contributed by atoms with E-state index in [0.29, 0.717) is 6.54 Å². The van der Waals surface area contributed by atoms with Crippen molar-refractivity contribution < 1.29 is 9.53 Å². The summed E-state index contributed by atoms with van der Waals surface area (Å²) in [5.74, 6) is 0.558. The number of hydrogen-bond donors (Lipinski definition) is 0. The molecule has 0 saturated heterocycles. The molecule has 134 valence electrons. The Morgan fingerprint density at radius 1 is 0.852 bits per heavy atom. The van der Waals surface area contributed by atoms with Crippen molar-refractivity contribution in [3.8, 4) is 5.75 Å². The van der Waals surface area contributed by atoms with E-state index in [1.54, 1.807) is 7.11 Å². The second-order valence-corrected chi connectivity index (χ2v) is 6.62. The van der Waals surface area contributed by atoms with Crippen LogP contribution < -0.4 is 4.74 Å². The van der Waals surface area contributed by atoms with Gasteiger partial charge in [-0.2, -0.15) is 0 Å². The molecule has 0 radical (unpaired) electrons. The van der Waals surface area contributed by atoms with Crippen molar-refractivity contribution in [2.75, 3.05) is 13.7 Å². The van der Waals surface area contributed by atoms with Crippen LogP contribution in [0.1, 0.15) is 33.0 Å². The zero-order valence-electron chi connectivity index (χ0n) is 15.3. The maximum Gasteiger partial charge on any atom is 0.176 e. The monoisotopic (exact) mass is 355 g/mol. The van der Waals surface area contributed by atoms with Gasteiger partial charge in [-0.1, -0.05) is 66.7 Å². The normalized spacial score (nSPS) is 17.1. The van der Waals surface area contributed by atoms with Crippen LogP contribution in [0.2, 0.25) is 0 Å². The molecule has 0 amide bonds. The van der Waals surface area contributed by atoms with Gasteiger partial charge in [-0.3, -0.25) is 9.79 Å². The van der Waals surface area contributed by atoms with E-state index in [-0.39, 0.29) is 11.7 Å². The van der Waals surface area contributed by atoms with Crippen LogP contribution in [0.4, 0.5) is 0 Å². The number of benzene rings is 3. The van der Waals surface area contributed by atoms with Gasteiger partial charge < -0.3 is 4.74 Å². The Bertz CT molecular complexity index is 975. The molecule has 0 aromatic heterocycles. The summed E-state index contributed by atoms with van der Waals surface area (Å²) in [7, 11) is 1.64. The summed E-state index contributed by atoms with van der Waals surface area (Å²) in [6, 6.07) is 25.8. The molecular weight excluding hydrogens is 334 g/mol. The van der Waals surface area contributed by atoms with Crippen LogP contribution >= 0.6 is 0 Å². The van der Waals surface area contributed by atoms with Crippen molar-refractivity contribution in [2.45, 2.75) is 12.3 Å². The highest BCUT2D eigenvalue weighted by Gasteiger charge is 2.37. The van der Waals surface area contributed by atoms with Crippen molar-refractivity contribution in [1.29, 1.82) is 0 Å². The van der Waals surface area contributed by atoms with Gasteiger partial charge in [0.2, 0.25) is 0 Å². The van der Waals surface area contributed by atoms with Crippen LogP contribution in [-0.2, 0) is 6.42 Å². The van der Waals surface area contributed by atoms with Crippen LogP contribution in [0.25, 0.3) is 0 Å². The molecule has 0 saturated carbocycles. The number of Topliss-reactive ketones (excluding diaryl/α,β-unsaturated/α-hetero) is 1. The van der Waals surface area contributed by atoms with Crippen molar-refractivity contribution in [2.24, 2.45) is 4.99 Å². The molecule has 3 aromatic carbocycles. The van der Waals surface area contributed by atoms with Crippen LogP contribution in [0.3, 0.4) is 0 Å². The van der Waals surface area contributed by atoms with Gasteiger partial charge >= 0.3 is 0 Å². The molecule has 27 heavy (non-hydrogen) atoms. The summed E-state index contributed by atoms with van der Waals surface area (Å²) in [4.78, 5) is 18.0. The Hall–Kier alpha value is -3.20. The predicted molar refractivity (Wildman–Crippen MR) is 108 cm³/mol. The van der Waals surface area contributed by atoms with Gasteiger partial charge in [-0.25, -0.2) is 0 Å². The Labute approximate surface area is 159 Å². The van der Waals surface area contributed by atoms with E-state index in [4.69, 9.17) is 9.73 Å². The molecule has 0 unspecified atom stereocenters. The number of nitrogens with zero attached hydrogens (tertiary/aromatic N) is 1. The number of methoxy groups -OCH3 is 1. The molecule has 4 rings (SSSR count). The minimum Gasteiger partial charge on any atom is -0.497 e. The van der Waals surface area contributed by atoms with E-state index >= 15 is 0 Å². The molecule has 3 nitrogen and oxygen atoms in total. The van der Waals surface area contributed by atoms with E-state index in [0.717, 1.165) is 34.6 Å². The molecule has 1 aliphatic rings. The topological polar surface area (TPSA) is 38.7 Å². The third-order valence-electron chi connectivity index (χ3n) is 4.98. The Morgan fingerprint density at radius 3 is 2.22 bits per heavy atom. The number of rotatable bonds is 5. The summed E-state index contributed by atoms with van der Waals surface area (Å²) in [5, 5.41) is 0. The molecule has 1 atom stereocenters. The minimum atomic E-state index is -0.343. The second kappa shape index (κ2) is 7.58. The van der Waals surface area contributed by atoms with E-state index < -0.39 is 0 Å². The average molecular weight is 355 g/mol. The molecule has 0 spiro atoms. The lowest BCUT2D eigenvalue weighted by atomic mass is 9.93. The first-order valence-corrected chi connectivity index (χ1v) is 9.14. The smallest absolute Gasteiger partial charge is 0.176 e. The number of hydrogen-bond acceptors (Lipinski definition) is 3. The van der Waals surface area contributed by atoms with Crippen molar-refractivity contribution in [1.82, 2.24) is 0 Å². The number of fused-ring (bicyclic) bond motifs is 1. The summed E-state index contributed by atoms with van der Waals surface area (Å²) in [5.41, 5.74) is 4.79. The number of ketones is 1. The maximum absolute atomic E-state index is 13.1.